The van der Waals surface area contributed by atoms with Gasteiger partial charge in [0.15, 0.2) is 0 Å². The molecule has 0 aliphatic carbocycles. The van der Waals surface area contributed by atoms with Crippen LogP contribution in [0.4, 0.5) is 0 Å². The lowest BCUT2D eigenvalue weighted by atomic mass is 10.0. The number of ether oxygens (including phenoxy) is 1. The summed E-state index contributed by atoms with van der Waals surface area (Å²) in [6, 6.07) is 3.90. The van der Waals surface area contributed by atoms with Gasteiger partial charge in [0.2, 0.25) is 0 Å². The molecule has 0 aromatic heterocycles. The smallest absolute Gasteiger partial charge is 0.140 e. The Morgan fingerprint density at radius 1 is 1.28 bits per heavy atom. The average molecular weight is 290 g/mol. The van der Waals surface area contributed by atoms with Gasteiger partial charge >= 0.3 is 0 Å². The van der Waals surface area contributed by atoms with Crippen LogP contribution in [-0.2, 0) is 6.42 Å². The lowest BCUT2D eigenvalue weighted by Crippen LogP contribution is -2.19. The van der Waals surface area contributed by atoms with Crippen molar-refractivity contribution in [1.29, 1.82) is 0 Å². The molecular formula is C14H21Cl2NO. The normalized spacial score (nSPS) is 12.5. The molecular weight excluding hydrogens is 269 g/mol. The van der Waals surface area contributed by atoms with Gasteiger partial charge in [0.05, 0.1) is 12.1 Å². The van der Waals surface area contributed by atoms with E-state index in [9.17, 15) is 0 Å². The Morgan fingerprint density at radius 3 is 2.61 bits per heavy atom. The molecule has 102 valence electrons. The van der Waals surface area contributed by atoms with E-state index in [-0.39, 0.29) is 6.04 Å². The summed E-state index contributed by atoms with van der Waals surface area (Å²) < 4.78 is 5.31. The molecule has 4 heteroatoms. The third-order valence-electron chi connectivity index (χ3n) is 2.97. The molecule has 1 atom stereocenters. The van der Waals surface area contributed by atoms with E-state index < -0.39 is 0 Å². The van der Waals surface area contributed by atoms with Crippen LogP contribution in [0.1, 0.15) is 38.2 Å². The SMILES string of the molecule is CCCC(N)CCCc1cc(Cl)cc(Cl)c1OC. The van der Waals surface area contributed by atoms with E-state index in [1.807, 2.05) is 6.07 Å². The molecule has 0 spiro atoms. The van der Waals surface area contributed by atoms with Crippen LogP contribution in [-0.4, -0.2) is 13.2 Å². The number of nitrogens with two attached hydrogens (primary N) is 1. The van der Waals surface area contributed by atoms with Crippen molar-refractivity contribution in [3.8, 4) is 5.75 Å². The number of hydrogen-bond donors (Lipinski definition) is 1. The van der Waals surface area contributed by atoms with Crippen LogP contribution in [0.25, 0.3) is 0 Å². The van der Waals surface area contributed by atoms with Gasteiger partial charge in [0, 0.05) is 11.1 Å². The molecule has 0 bridgehead atoms. The average Bonchev–Trinajstić information content (AvgIpc) is 2.28. The lowest BCUT2D eigenvalue weighted by Gasteiger charge is -2.13. The van der Waals surface area contributed by atoms with Crippen molar-refractivity contribution >= 4 is 23.2 Å². The summed E-state index contributed by atoms with van der Waals surface area (Å²) in [7, 11) is 1.63. The minimum absolute atomic E-state index is 0.288. The first-order chi connectivity index (χ1) is 8.58. The van der Waals surface area contributed by atoms with E-state index in [1.165, 1.54) is 0 Å². The second kappa shape index (κ2) is 7.88. The van der Waals surface area contributed by atoms with Crippen molar-refractivity contribution in [2.24, 2.45) is 5.73 Å². The molecule has 1 aromatic carbocycles. The van der Waals surface area contributed by atoms with Crippen molar-refractivity contribution in [2.45, 2.75) is 45.1 Å². The van der Waals surface area contributed by atoms with Gasteiger partial charge < -0.3 is 10.5 Å². The van der Waals surface area contributed by atoms with Crippen molar-refractivity contribution in [3.63, 3.8) is 0 Å². The Hall–Kier alpha value is -0.440. The Morgan fingerprint density at radius 2 is 2.00 bits per heavy atom. The minimum atomic E-state index is 0.288. The lowest BCUT2D eigenvalue weighted by molar-refractivity contribution is 0.408. The molecule has 2 nitrogen and oxygen atoms in total. The Balaban J connectivity index is 2.61. The van der Waals surface area contributed by atoms with Crippen molar-refractivity contribution in [1.82, 2.24) is 0 Å². The van der Waals surface area contributed by atoms with E-state index in [0.29, 0.717) is 10.0 Å². The van der Waals surface area contributed by atoms with Crippen LogP contribution < -0.4 is 10.5 Å². The van der Waals surface area contributed by atoms with E-state index in [2.05, 4.69) is 6.92 Å². The zero-order chi connectivity index (χ0) is 13.5. The van der Waals surface area contributed by atoms with Crippen LogP contribution in [0, 0.1) is 0 Å². The topological polar surface area (TPSA) is 35.2 Å². The summed E-state index contributed by atoms with van der Waals surface area (Å²) in [5.41, 5.74) is 7.05. The molecule has 0 amide bonds. The number of halogens is 2. The fraction of sp³-hybridized carbons (Fsp3) is 0.571. The second-order valence-electron chi connectivity index (χ2n) is 4.52. The van der Waals surface area contributed by atoms with Gasteiger partial charge in [-0.15, -0.1) is 0 Å². The Labute approximate surface area is 119 Å². The fourth-order valence-corrected chi connectivity index (χ4v) is 2.71. The Kier molecular flexibility index (Phi) is 6.83. The van der Waals surface area contributed by atoms with Gasteiger partial charge in [-0.2, -0.15) is 0 Å². The van der Waals surface area contributed by atoms with E-state index in [4.69, 9.17) is 33.7 Å². The quantitative estimate of drug-likeness (QED) is 0.805. The summed E-state index contributed by atoms with van der Waals surface area (Å²) >= 11 is 12.1. The van der Waals surface area contributed by atoms with Gasteiger partial charge in [0.25, 0.3) is 0 Å². The summed E-state index contributed by atoms with van der Waals surface area (Å²) in [5, 5.41) is 1.21. The highest BCUT2D eigenvalue weighted by Gasteiger charge is 2.10. The number of benzene rings is 1. The minimum Gasteiger partial charge on any atom is -0.495 e. The highest BCUT2D eigenvalue weighted by molar-refractivity contribution is 6.35. The van der Waals surface area contributed by atoms with Gasteiger partial charge in [-0.25, -0.2) is 0 Å². The predicted octanol–water partition coefficient (Wildman–Crippen LogP) is 4.45. The van der Waals surface area contributed by atoms with E-state index >= 15 is 0 Å². The summed E-state index contributed by atoms with van der Waals surface area (Å²) in [6.07, 6.45) is 5.14. The molecule has 1 aromatic rings. The first-order valence-electron chi connectivity index (χ1n) is 6.36. The highest BCUT2D eigenvalue weighted by atomic mass is 35.5. The molecule has 0 aliphatic heterocycles. The molecule has 1 unspecified atom stereocenters. The Bertz CT molecular complexity index is 382. The van der Waals surface area contributed by atoms with Crippen LogP contribution in [0.15, 0.2) is 12.1 Å². The molecule has 0 saturated carbocycles. The highest BCUT2D eigenvalue weighted by Crippen LogP contribution is 2.33. The first-order valence-corrected chi connectivity index (χ1v) is 7.11. The molecule has 0 saturated heterocycles. The molecule has 0 radical (unpaired) electrons. The monoisotopic (exact) mass is 289 g/mol. The number of rotatable bonds is 7. The number of methoxy groups -OCH3 is 1. The van der Waals surface area contributed by atoms with Gasteiger partial charge in [-0.05, 0) is 43.4 Å². The van der Waals surface area contributed by atoms with Crippen molar-refractivity contribution in [2.75, 3.05) is 7.11 Å². The summed E-state index contributed by atoms with van der Waals surface area (Å²) in [6.45, 7) is 2.15. The standard InChI is InChI=1S/C14H21Cl2NO/c1-3-5-12(17)7-4-6-10-8-11(15)9-13(16)14(10)18-2/h8-9,12H,3-7,17H2,1-2H3. The summed E-state index contributed by atoms with van der Waals surface area (Å²) in [4.78, 5) is 0. The van der Waals surface area contributed by atoms with Crippen molar-refractivity contribution in [3.05, 3.63) is 27.7 Å². The molecule has 0 aliphatic rings. The van der Waals surface area contributed by atoms with Gasteiger partial charge in [-0.1, -0.05) is 36.5 Å². The molecule has 0 fully saturated rings. The number of aryl methyl sites for hydroxylation is 1. The van der Waals surface area contributed by atoms with Gasteiger partial charge in [0.1, 0.15) is 5.75 Å². The third-order valence-corrected chi connectivity index (χ3v) is 3.47. The van der Waals surface area contributed by atoms with Crippen LogP contribution in [0.2, 0.25) is 10.0 Å². The second-order valence-corrected chi connectivity index (χ2v) is 5.36. The third kappa shape index (κ3) is 4.68. The molecule has 2 N–H and O–H groups in total. The molecule has 18 heavy (non-hydrogen) atoms. The first kappa shape index (κ1) is 15.6. The zero-order valence-electron chi connectivity index (χ0n) is 11.0. The molecule has 0 heterocycles. The summed E-state index contributed by atoms with van der Waals surface area (Å²) in [5.74, 6) is 0.727. The zero-order valence-corrected chi connectivity index (χ0v) is 12.5. The molecule has 1 rings (SSSR count). The largest absolute Gasteiger partial charge is 0.495 e. The van der Waals surface area contributed by atoms with Crippen LogP contribution >= 0.6 is 23.2 Å². The van der Waals surface area contributed by atoms with Gasteiger partial charge in [-0.3, -0.25) is 0 Å². The predicted molar refractivity (Wildman–Crippen MR) is 78.8 cm³/mol. The number of hydrogen-bond acceptors (Lipinski definition) is 2. The van der Waals surface area contributed by atoms with E-state index in [1.54, 1.807) is 13.2 Å². The van der Waals surface area contributed by atoms with Crippen molar-refractivity contribution < 1.29 is 4.74 Å². The maximum Gasteiger partial charge on any atom is 0.140 e. The van der Waals surface area contributed by atoms with E-state index in [0.717, 1.165) is 43.4 Å². The van der Waals surface area contributed by atoms with Crippen LogP contribution in [0.3, 0.4) is 0 Å². The maximum atomic E-state index is 6.09. The fourth-order valence-electron chi connectivity index (χ4n) is 2.10. The maximum absolute atomic E-state index is 6.09. The van der Waals surface area contributed by atoms with Crippen LogP contribution in [0.5, 0.6) is 5.75 Å².